The van der Waals surface area contributed by atoms with E-state index in [0.29, 0.717) is 29.6 Å². The van der Waals surface area contributed by atoms with Gasteiger partial charge in [0.1, 0.15) is 22.8 Å². The van der Waals surface area contributed by atoms with Crippen molar-refractivity contribution in [2.45, 2.75) is 63.6 Å². The molecule has 1 unspecified atom stereocenters. The molecule has 12 heteroatoms. The number of methoxy groups -OCH3 is 1. The molecule has 0 bridgehead atoms. The number of carbonyl (C=O) groups is 3. The number of pyridine rings is 1. The average Bonchev–Trinajstić information content (AvgIpc) is 3.60. The fourth-order valence-corrected chi connectivity index (χ4v) is 5.82. The number of hydrogen-bond donors (Lipinski definition) is 1. The Bertz CT molecular complexity index is 1510. The van der Waals surface area contributed by atoms with Crippen LogP contribution < -0.4 is 10.2 Å². The maximum atomic E-state index is 14.6. The van der Waals surface area contributed by atoms with Crippen molar-refractivity contribution in [3.05, 3.63) is 65.5 Å². The lowest BCUT2D eigenvalue weighted by Gasteiger charge is -2.40. The third kappa shape index (κ3) is 5.75. The van der Waals surface area contributed by atoms with E-state index in [4.69, 9.17) is 9.47 Å². The molecule has 42 heavy (non-hydrogen) atoms. The van der Waals surface area contributed by atoms with Crippen LogP contribution in [0, 0.1) is 11.6 Å². The van der Waals surface area contributed by atoms with E-state index in [9.17, 15) is 23.2 Å². The van der Waals surface area contributed by atoms with Crippen LogP contribution in [0.4, 0.5) is 19.3 Å². The monoisotopic (exact) mass is 583 g/mol. The lowest BCUT2D eigenvalue weighted by atomic mass is 9.87. The average molecular weight is 584 g/mol. The summed E-state index contributed by atoms with van der Waals surface area (Å²) in [6, 6.07) is 6.84. The normalized spacial score (nSPS) is 18.7. The predicted octanol–water partition coefficient (Wildman–Crippen LogP) is 4.63. The van der Waals surface area contributed by atoms with E-state index in [0.717, 1.165) is 24.2 Å². The van der Waals surface area contributed by atoms with Crippen molar-refractivity contribution in [3.8, 4) is 0 Å². The molecule has 0 spiro atoms. The first-order valence-electron chi connectivity index (χ1n) is 14.0. The fraction of sp³-hybridized carbons (Fsp3) is 0.467. The number of likely N-dealkylation sites (tertiary alicyclic amines) is 1. The molecule has 0 radical (unpaired) electrons. The minimum atomic E-state index is -1.32. The highest BCUT2D eigenvalue weighted by Crippen LogP contribution is 2.38. The molecule has 0 aliphatic carbocycles. The summed E-state index contributed by atoms with van der Waals surface area (Å²) in [4.78, 5) is 42.6. The number of benzene rings is 1. The van der Waals surface area contributed by atoms with Crippen molar-refractivity contribution in [2.75, 3.05) is 31.6 Å². The highest BCUT2D eigenvalue weighted by atomic mass is 19.1. The van der Waals surface area contributed by atoms with Gasteiger partial charge in [-0.05, 0) is 76.8 Å². The number of piperidine rings is 1. The van der Waals surface area contributed by atoms with Crippen molar-refractivity contribution in [2.24, 2.45) is 0 Å². The van der Waals surface area contributed by atoms with Crippen molar-refractivity contribution in [3.63, 3.8) is 0 Å². The van der Waals surface area contributed by atoms with E-state index < -0.39 is 34.8 Å². The number of rotatable bonds is 5. The van der Waals surface area contributed by atoms with Crippen LogP contribution in [0.3, 0.4) is 0 Å². The van der Waals surface area contributed by atoms with Gasteiger partial charge in [-0.15, -0.1) is 0 Å². The zero-order valence-corrected chi connectivity index (χ0v) is 24.2. The van der Waals surface area contributed by atoms with E-state index in [2.05, 4.69) is 10.4 Å². The summed E-state index contributed by atoms with van der Waals surface area (Å²) in [5.41, 5.74) is -0.0533. The number of ether oxygens (including phenoxy) is 2. The van der Waals surface area contributed by atoms with Crippen LogP contribution in [-0.2, 0) is 14.3 Å². The maximum absolute atomic E-state index is 14.6. The van der Waals surface area contributed by atoms with Gasteiger partial charge in [0.25, 0.3) is 5.91 Å². The molecule has 2 aromatic heterocycles. The van der Waals surface area contributed by atoms with Crippen molar-refractivity contribution >= 4 is 29.2 Å². The van der Waals surface area contributed by atoms with Crippen LogP contribution in [0.1, 0.15) is 68.4 Å². The van der Waals surface area contributed by atoms with E-state index in [1.165, 1.54) is 19.4 Å². The number of carbonyl (C=O) groups excluding carboxylic acids is 3. The number of nitrogens with zero attached hydrogens (tertiary/aromatic N) is 4. The molecule has 1 aromatic carbocycles. The minimum absolute atomic E-state index is 0.143. The standard InChI is InChI=1S/C30H35F2N5O5/c1-29(2,3)42-28(40)34-30(27(39)41-4)10-14-35(15-11-30)26(38)22-18-33-37-13-9-20(17-25(22)37)36-12-5-6-24(36)21-16-19(31)7-8-23(21)32/h7-9,13,16-18,24H,5-6,10-12,14-15H2,1-4H3,(H,34,40). The fourth-order valence-electron chi connectivity index (χ4n) is 5.82. The molecule has 0 saturated carbocycles. The molecule has 1 N–H and O–H groups in total. The number of nitrogens with one attached hydrogen (secondary N) is 1. The van der Waals surface area contributed by atoms with Gasteiger partial charge in [-0.2, -0.15) is 5.10 Å². The van der Waals surface area contributed by atoms with E-state index in [1.54, 1.807) is 36.4 Å². The largest absolute Gasteiger partial charge is 0.467 e. The van der Waals surface area contributed by atoms with Gasteiger partial charge in [0, 0.05) is 37.1 Å². The van der Waals surface area contributed by atoms with Crippen molar-refractivity contribution < 1.29 is 32.6 Å². The molecule has 10 nitrogen and oxygen atoms in total. The Morgan fingerprint density at radius 1 is 1.07 bits per heavy atom. The highest BCUT2D eigenvalue weighted by Gasteiger charge is 2.46. The summed E-state index contributed by atoms with van der Waals surface area (Å²) >= 11 is 0. The third-order valence-corrected chi connectivity index (χ3v) is 7.86. The molecule has 1 atom stereocenters. The molecule has 2 aliphatic rings. The summed E-state index contributed by atoms with van der Waals surface area (Å²) in [7, 11) is 1.25. The number of fused-ring (bicyclic) bond motifs is 1. The summed E-state index contributed by atoms with van der Waals surface area (Å²) in [6.07, 6.45) is 4.26. The van der Waals surface area contributed by atoms with Crippen LogP contribution in [0.15, 0.2) is 42.7 Å². The van der Waals surface area contributed by atoms with Crippen LogP contribution in [0.5, 0.6) is 0 Å². The number of alkyl carbamates (subject to hydrolysis) is 1. The van der Waals surface area contributed by atoms with Crippen LogP contribution >= 0.6 is 0 Å². The number of hydrogen-bond acceptors (Lipinski definition) is 7. The van der Waals surface area contributed by atoms with Gasteiger partial charge in [0.2, 0.25) is 0 Å². The van der Waals surface area contributed by atoms with Crippen molar-refractivity contribution in [1.29, 1.82) is 0 Å². The predicted molar refractivity (Wildman–Crippen MR) is 150 cm³/mol. The van der Waals surface area contributed by atoms with Crippen LogP contribution in [0.2, 0.25) is 0 Å². The minimum Gasteiger partial charge on any atom is -0.467 e. The Labute approximate surface area is 242 Å². The van der Waals surface area contributed by atoms with E-state index >= 15 is 0 Å². The molecule has 2 aliphatic heterocycles. The van der Waals surface area contributed by atoms with Gasteiger partial charge in [-0.3, -0.25) is 4.79 Å². The molecule has 2 fully saturated rings. The van der Waals surface area contributed by atoms with E-state index in [-0.39, 0.29) is 37.9 Å². The van der Waals surface area contributed by atoms with Gasteiger partial charge in [0.05, 0.1) is 30.4 Å². The third-order valence-electron chi connectivity index (χ3n) is 7.86. The Morgan fingerprint density at radius 2 is 1.81 bits per heavy atom. The first kappa shape index (κ1) is 29.3. The van der Waals surface area contributed by atoms with Crippen LogP contribution in [0.25, 0.3) is 5.52 Å². The second-order valence-electron chi connectivity index (χ2n) is 11.8. The van der Waals surface area contributed by atoms with Gasteiger partial charge in [-0.1, -0.05) is 0 Å². The first-order chi connectivity index (χ1) is 19.9. The quantitative estimate of drug-likeness (QED) is 0.437. The van der Waals surface area contributed by atoms with Crippen LogP contribution in [-0.4, -0.2) is 70.4 Å². The topological polar surface area (TPSA) is 105 Å². The Kier molecular flexibility index (Phi) is 7.82. The second-order valence-corrected chi connectivity index (χ2v) is 11.8. The zero-order valence-electron chi connectivity index (χ0n) is 24.2. The Hall–Kier alpha value is -4.22. The maximum Gasteiger partial charge on any atom is 0.408 e. The number of amides is 2. The lowest BCUT2D eigenvalue weighted by molar-refractivity contribution is -0.150. The first-order valence-corrected chi connectivity index (χ1v) is 14.0. The Morgan fingerprint density at radius 3 is 2.50 bits per heavy atom. The van der Waals surface area contributed by atoms with Crippen molar-refractivity contribution in [1.82, 2.24) is 19.8 Å². The second kappa shape index (κ2) is 11.2. The molecule has 5 rings (SSSR count). The molecular weight excluding hydrogens is 548 g/mol. The molecule has 4 heterocycles. The van der Waals surface area contributed by atoms with Gasteiger partial charge in [0.15, 0.2) is 0 Å². The number of anilines is 1. The summed E-state index contributed by atoms with van der Waals surface area (Å²) in [6.45, 7) is 6.21. The van der Waals surface area contributed by atoms with Gasteiger partial charge in [-0.25, -0.2) is 22.9 Å². The SMILES string of the molecule is COC(=O)C1(NC(=O)OC(C)(C)C)CCN(C(=O)c2cnn3ccc(N4CCCC4c4cc(F)ccc4F)cc23)CC1. The number of esters is 1. The Balaban J connectivity index is 1.35. The molecule has 3 aromatic rings. The zero-order chi connectivity index (χ0) is 30.2. The smallest absolute Gasteiger partial charge is 0.408 e. The number of halogens is 2. The van der Waals surface area contributed by atoms with Gasteiger partial charge >= 0.3 is 12.1 Å². The summed E-state index contributed by atoms with van der Waals surface area (Å²) < 4.78 is 40.5. The number of aromatic nitrogens is 2. The summed E-state index contributed by atoms with van der Waals surface area (Å²) in [5, 5.41) is 7.02. The van der Waals surface area contributed by atoms with E-state index in [1.807, 2.05) is 17.0 Å². The summed E-state index contributed by atoms with van der Waals surface area (Å²) in [5.74, 6) is -1.82. The highest BCUT2D eigenvalue weighted by molar-refractivity contribution is 6.01. The van der Waals surface area contributed by atoms with Gasteiger partial charge < -0.3 is 24.6 Å². The molecule has 224 valence electrons. The molecule has 2 amide bonds. The lowest BCUT2D eigenvalue weighted by Crippen LogP contribution is -2.61. The molecular formula is C30H35F2N5O5. The molecule has 2 saturated heterocycles.